The fraction of sp³-hybridized carbons (Fsp3) is 0.158. The van der Waals surface area contributed by atoms with Crippen LogP contribution in [0.5, 0.6) is 5.75 Å². The number of benzene rings is 2. The number of anilines is 1. The molecule has 0 saturated heterocycles. The molecule has 0 aliphatic heterocycles. The Labute approximate surface area is 154 Å². The SMILES string of the molecule is COc1ccc(/C=C/C(=O)OCC(=O)Nc2ccc(C)cc2Br)cc1. The second-order valence-corrected chi connectivity index (χ2v) is 6.10. The van der Waals surface area contributed by atoms with E-state index in [-0.39, 0.29) is 6.61 Å². The van der Waals surface area contributed by atoms with Gasteiger partial charge in [-0.2, -0.15) is 0 Å². The predicted octanol–water partition coefficient (Wildman–Crippen LogP) is 3.96. The summed E-state index contributed by atoms with van der Waals surface area (Å²) in [5, 5.41) is 2.68. The minimum Gasteiger partial charge on any atom is -0.497 e. The van der Waals surface area contributed by atoms with Gasteiger partial charge in [0, 0.05) is 10.5 Å². The van der Waals surface area contributed by atoms with Crippen LogP contribution in [0.25, 0.3) is 6.08 Å². The number of ether oxygens (including phenoxy) is 2. The van der Waals surface area contributed by atoms with Crippen LogP contribution in [0.1, 0.15) is 11.1 Å². The van der Waals surface area contributed by atoms with E-state index in [0.717, 1.165) is 21.3 Å². The van der Waals surface area contributed by atoms with Gasteiger partial charge in [0.25, 0.3) is 5.91 Å². The number of amides is 1. The van der Waals surface area contributed by atoms with Gasteiger partial charge in [-0.25, -0.2) is 4.79 Å². The first-order valence-corrected chi connectivity index (χ1v) is 8.32. The molecule has 130 valence electrons. The van der Waals surface area contributed by atoms with E-state index in [9.17, 15) is 9.59 Å². The summed E-state index contributed by atoms with van der Waals surface area (Å²) < 4.78 is 10.8. The summed E-state index contributed by atoms with van der Waals surface area (Å²) in [6.07, 6.45) is 2.88. The molecule has 0 aliphatic carbocycles. The number of esters is 1. The maximum Gasteiger partial charge on any atom is 0.331 e. The monoisotopic (exact) mass is 403 g/mol. The molecule has 1 N–H and O–H groups in total. The van der Waals surface area contributed by atoms with Crippen molar-refractivity contribution in [1.29, 1.82) is 0 Å². The molecule has 5 nitrogen and oxygen atoms in total. The molecule has 6 heteroatoms. The number of carbonyl (C=O) groups is 2. The van der Waals surface area contributed by atoms with E-state index in [4.69, 9.17) is 9.47 Å². The van der Waals surface area contributed by atoms with Gasteiger partial charge >= 0.3 is 5.97 Å². The Morgan fingerprint density at radius 3 is 2.52 bits per heavy atom. The molecule has 0 fully saturated rings. The summed E-state index contributed by atoms with van der Waals surface area (Å²) in [7, 11) is 1.59. The first kappa shape index (κ1) is 18.7. The van der Waals surface area contributed by atoms with Crippen LogP contribution in [0, 0.1) is 6.92 Å². The van der Waals surface area contributed by atoms with Crippen LogP contribution in [-0.4, -0.2) is 25.6 Å². The summed E-state index contributed by atoms with van der Waals surface area (Å²) in [5.74, 6) is -0.261. The second kappa shape index (κ2) is 9.03. The Balaban J connectivity index is 1.82. The van der Waals surface area contributed by atoms with Gasteiger partial charge in [-0.05, 0) is 64.3 Å². The van der Waals surface area contributed by atoms with E-state index >= 15 is 0 Å². The van der Waals surface area contributed by atoms with Crippen molar-refractivity contribution in [2.24, 2.45) is 0 Å². The lowest BCUT2D eigenvalue weighted by Crippen LogP contribution is -2.20. The average Bonchev–Trinajstić information content (AvgIpc) is 2.61. The summed E-state index contributed by atoms with van der Waals surface area (Å²) in [6, 6.07) is 12.7. The van der Waals surface area contributed by atoms with Crippen LogP contribution in [-0.2, 0) is 14.3 Å². The van der Waals surface area contributed by atoms with Crippen LogP contribution < -0.4 is 10.1 Å². The minimum atomic E-state index is -0.589. The van der Waals surface area contributed by atoms with Crippen molar-refractivity contribution in [3.8, 4) is 5.75 Å². The molecule has 0 heterocycles. The van der Waals surface area contributed by atoms with Gasteiger partial charge in [-0.3, -0.25) is 4.79 Å². The zero-order valence-corrected chi connectivity index (χ0v) is 15.5. The highest BCUT2D eigenvalue weighted by Gasteiger charge is 2.08. The molecule has 2 aromatic rings. The lowest BCUT2D eigenvalue weighted by molar-refractivity contribution is -0.142. The Morgan fingerprint density at radius 2 is 1.88 bits per heavy atom. The molecule has 0 aliphatic rings. The maximum absolute atomic E-state index is 11.9. The van der Waals surface area contributed by atoms with Gasteiger partial charge in [0.2, 0.25) is 0 Å². The third-order valence-electron chi connectivity index (χ3n) is 3.27. The average molecular weight is 404 g/mol. The number of hydrogen-bond acceptors (Lipinski definition) is 4. The van der Waals surface area contributed by atoms with E-state index in [0.29, 0.717) is 5.69 Å². The zero-order valence-electron chi connectivity index (χ0n) is 13.9. The van der Waals surface area contributed by atoms with Gasteiger partial charge in [0.1, 0.15) is 5.75 Å². The molecule has 25 heavy (non-hydrogen) atoms. The largest absolute Gasteiger partial charge is 0.497 e. The number of aryl methyl sites for hydroxylation is 1. The van der Waals surface area contributed by atoms with Crippen LogP contribution >= 0.6 is 15.9 Å². The lowest BCUT2D eigenvalue weighted by Gasteiger charge is -2.08. The molecular weight excluding hydrogens is 386 g/mol. The van der Waals surface area contributed by atoms with Crippen LogP contribution in [0.2, 0.25) is 0 Å². The van der Waals surface area contributed by atoms with Crippen molar-refractivity contribution in [1.82, 2.24) is 0 Å². The van der Waals surface area contributed by atoms with Gasteiger partial charge in [-0.1, -0.05) is 18.2 Å². The van der Waals surface area contributed by atoms with E-state index < -0.39 is 11.9 Å². The molecule has 0 aromatic heterocycles. The fourth-order valence-corrected chi connectivity index (χ4v) is 2.56. The highest BCUT2D eigenvalue weighted by Crippen LogP contribution is 2.23. The number of methoxy groups -OCH3 is 1. The Hall–Kier alpha value is -2.60. The molecule has 0 spiro atoms. The number of nitrogens with one attached hydrogen (secondary N) is 1. The van der Waals surface area contributed by atoms with Gasteiger partial charge in [0.15, 0.2) is 6.61 Å². The van der Waals surface area contributed by atoms with E-state index in [1.807, 2.05) is 31.2 Å². The maximum atomic E-state index is 11.9. The van der Waals surface area contributed by atoms with Gasteiger partial charge in [-0.15, -0.1) is 0 Å². The molecule has 0 unspecified atom stereocenters. The molecule has 0 bridgehead atoms. The first-order valence-electron chi connectivity index (χ1n) is 7.53. The van der Waals surface area contributed by atoms with Crippen molar-refractivity contribution in [3.63, 3.8) is 0 Å². The molecule has 0 atom stereocenters. The van der Waals surface area contributed by atoms with Gasteiger partial charge < -0.3 is 14.8 Å². The van der Waals surface area contributed by atoms with E-state index in [2.05, 4.69) is 21.2 Å². The van der Waals surface area contributed by atoms with Crippen molar-refractivity contribution < 1.29 is 19.1 Å². The molecule has 0 saturated carbocycles. The topological polar surface area (TPSA) is 64.6 Å². The highest BCUT2D eigenvalue weighted by molar-refractivity contribution is 9.10. The van der Waals surface area contributed by atoms with Gasteiger partial charge in [0.05, 0.1) is 12.8 Å². The molecule has 0 radical (unpaired) electrons. The van der Waals surface area contributed by atoms with Crippen LogP contribution in [0.3, 0.4) is 0 Å². The fourth-order valence-electron chi connectivity index (χ4n) is 1.97. The first-order chi connectivity index (χ1) is 12.0. The normalized spacial score (nSPS) is 10.5. The van der Waals surface area contributed by atoms with Crippen molar-refractivity contribution >= 4 is 39.6 Å². The van der Waals surface area contributed by atoms with Crippen LogP contribution in [0.4, 0.5) is 5.69 Å². The van der Waals surface area contributed by atoms with Crippen molar-refractivity contribution in [3.05, 3.63) is 64.1 Å². The summed E-state index contributed by atoms with van der Waals surface area (Å²) >= 11 is 3.37. The smallest absolute Gasteiger partial charge is 0.331 e. The number of hydrogen-bond donors (Lipinski definition) is 1. The van der Waals surface area contributed by atoms with Crippen molar-refractivity contribution in [2.45, 2.75) is 6.92 Å². The predicted molar refractivity (Wildman–Crippen MR) is 100 cm³/mol. The molecule has 2 aromatic carbocycles. The summed E-state index contributed by atoms with van der Waals surface area (Å²) in [4.78, 5) is 23.5. The summed E-state index contributed by atoms with van der Waals surface area (Å²) in [6.45, 7) is 1.60. The lowest BCUT2D eigenvalue weighted by atomic mass is 10.2. The number of carbonyl (C=O) groups excluding carboxylic acids is 2. The molecule has 1 amide bonds. The second-order valence-electron chi connectivity index (χ2n) is 5.25. The molecular formula is C19H18BrNO4. The zero-order chi connectivity index (χ0) is 18.2. The van der Waals surface area contributed by atoms with Crippen LogP contribution in [0.15, 0.2) is 53.0 Å². The Bertz CT molecular complexity index is 785. The summed E-state index contributed by atoms with van der Waals surface area (Å²) in [5.41, 5.74) is 2.52. The van der Waals surface area contributed by atoms with Crippen molar-refractivity contribution in [2.75, 3.05) is 19.0 Å². The third kappa shape index (κ3) is 6.08. The third-order valence-corrected chi connectivity index (χ3v) is 3.93. The quantitative estimate of drug-likeness (QED) is 0.585. The highest BCUT2D eigenvalue weighted by atomic mass is 79.9. The number of rotatable bonds is 6. The van der Waals surface area contributed by atoms with E-state index in [1.165, 1.54) is 6.08 Å². The Morgan fingerprint density at radius 1 is 1.16 bits per heavy atom. The standard InChI is InChI=1S/C19H18BrNO4/c1-13-3-9-17(16(20)11-13)21-18(22)12-25-19(23)10-6-14-4-7-15(24-2)8-5-14/h3-11H,12H2,1-2H3,(H,21,22)/b10-6+. The van der Waals surface area contributed by atoms with E-state index in [1.54, 1.807) is 31.4 Å². The Kier molecular flexibility index (Phi) is 6.77. The molecule has 2 rings (SSSR count). The minimum absolute atomic E-state index is 0.355. The number of halogens is 1.